The maximum absolute atomic E-state index is 5.53. The van der Waals surface area contributed by atoms with Gasteiger partial charge in [0.15, 0.2) is 0 Å². The molecule has 72 valence electrons. The highest BCUT2D eigenvalue weighted by atomic mass is 32.1. The van der Waals surface area contributed by atoms with Crippen LogP contribution in [0.15, 0.2) is 22.8 Å². The van der Waals surface area contributed by atoms with E-state index >= 15 is 0 Å². The summed E-state index contributed by atoms with van der Waals surface area (Å²) in [6, 6.07) is 3.90. The molecule has 1 aromatic heterocycles. The maximum Gasteiger partial charge on any atom is 0.117 e. The van der Waals surface area contributed by atoms with E-state index in [0.717, 1.165) is 12.3 Å². The van der Waals surface area contributed by atoms with Crippen molar-refractivity contribution < 1.29 is 4.42 Å². The van der Waals surface area contributed by atoms with Gasteiger partial charge < -0.3 is 10.2 Å². The van der Waals surface area contributed by atoms with Crippen LogP contribution in [0, 0.1) is 0 Å². The maximum atomic E-state index is 5.53. The average Bonchev–Trinajstić information content (AvgIpc) is 2.55. The van der Waals surface area contributed by atoms with Gasteiger partial charge in [0.1, 0.15) is 5.76 Å². The molecule has 0 fully saturated rings. The van der Waals surface area contributed by atoms with E-state index in [1.165, 1.54) is 0 Å². The van der Waals surface area contributed by atoms with Gasteiger partial charge in [0, 0.05) is 0 Å². The Morgan fingerprint density at radius 1 is 1.77 bits per heavy atom. The predicted molar refractivity (Wildman–Crippen MR) is 56.4 cm³/mol. The van der Waals surface area contributed by atoms with Crippen molar-refractivity contribution in [2.75, 3.05) is 7.05 Å². The molecule has 0 aliphatic carbocycles. The monoisotopic (exact) mass is 198 g/mol. The summed E-state index contributed by atoms with van der Waals surface area (Å²) in [4.78, 5) is 2.55. The summed E-state index contributed by atoms with van der Waals surface area (Å²) in [5, 5.41) is 0. The van der Waals surface area contributed by atoms with Crippen molar-refractivity contribution >= 4 is 17.2 Å². The van der Waals surface area contributed by atoms with E-state index in [1.54, 1.807) is 6.26 Å². The van der Waals surface area contributed by atoms with Gasteiger partial charge in [-0.2, -0.15) is 0 Å². The number of rotatable bonds is 4. The van der Waals surface area contributed by atoms with Gasteiger partial charge in [-0.3, -0.25) is 4.90 Å². The molecule has 0 aliphatic rings. The second kappa shape index (κ2) is 4.39. The van der Waals surface area contributed by atoms with Crippen LogP contribution in [0.2, 0.25) is 0 Å². The van der Waals surface area contributed by atoms with Gasteiger partial charge >= 0.3 is 0 Å². The van der Waals surface area contributed by atoms with Crippen LogP contribution in [0.1, 0.15) is 12.7 Å². The van der Waals surface area contributed by atoms with Crippen molar-refractivity contribution in [3.8, 4) is 0 Å². The van der Waals surface area contributed by atoms with E-state index in [-0.39, 0.29) is 6.04 Å². The summed E-state index contributed by atoms with van der Waals surface area (Å²) in [6.07, 6.45) is 1.66. The lowest BCUT2D eigenvalue weighted by molar-refractivity contribution is 0.276. The standard InChI is InChI=1S/C9H14N2OS/c1-7(9(10)13)11(2)6-8-4-3-5-12-8/h3-5,7H,6H2,1-2H3,(H2,10,13). The molecule has 0 amide bonds. The quantitative estimate of drug-likeness (QED) is 0.742. The second-order valence-corrected chi connectivity index (χ2v) is 3.54. The van der Waals surface area contributed by atoms with Gasteiger partial charge in [-0.1, -0.05) is 12.2 Å². The Kier molecular flexibility index (Phi) is 3.45. The van der Waals surface area contributed by atoms with Crippen molar-refractivity contribution in [3.05, 3.63) is 24.2 Å². The highest BCUT2D eigenvalue weighted by Gasteiger charge is 2.12. The molecule has 0 spiro atoms. The van der Waals surface area contributed by atoms with E-state index < -0.39 is 0 Å². The van der Waals surface area contributed by atoms with Crippen LogP contribution < -0.4 is 5.73 Å². The zero-order valence-electron chi connectivity index (χ0n) is 7.86. The van der Waals surface area contributed by atoms with Gasteiger partial charge in [-0.25, -0.2) is 0 Å². The Morgan fingerprint density at radius 3 is 2.92 bits per heavy atom. The Balaban J connectivity index is 2.50. The van der Waals surface area contributed by atoms with Crippen LogP contribution in [0.3, 0.4) is 0 Å². The summed E-state index contributed by atoms with van der Waals surface area (Å²) in [7, 11) is 1.96. The van der Waals surface area contributed by atoms with E-state index in [1.807, 2.05) is 31.0 Å². The zero-order valence-corrected chi connectivity index (χ0v) is 8.67. The molecule has 0 aromatic carbocycles. The third kappa shape index (κ3) is 2.82. The van der Waals surface area contributed by atoms with E-state index in [4.69, 9.17) is 22.4 Å². The van der Waals surface area contributed by atoms with E-state index in [2.05, 4.69) is 0 Å². The first kappa shape index (κ1) is 10.2. The van der Waals surface area contributed by atoms with Crippen LogP contribution in [0.5, 0.6) is 0 Å². The first-order chi connectivity index (χ1) is 6.11. The molecule has 0 bridgehead atoms. The number of thiocarbonyl (C=S) groups is 1. The van der Waals surface area contributed by atoms with Gasteiger partial charge in [0.2, 0.25) is 0 Å². The Hall–Kier alpha value is -0.870. The molecule has 0 radical (unpaired) electrons. The molecule has 1 atom stereocenters. The van der Waals surface area contributed by atoms with Crippen molar-refractivity contribution in [1.82, 2.24) is 4.90 Å². The smallest absolute Gasteiger partial charge is 0.117 e. The lowest BCUT2D eigenvalue weighted by atomic mass is 10.3. The minimum atomic E-state index is 0.0973. The van der Waals surface area contributed by atoms with Crippen molar-refractivity contribution in [2.45, 2.75) is 19.5 Å². The number of likely N-dealkylation sites (N-methyl/N-ethyl adjacent to an activating group) is 1. The summed E-state index contributed by atoms with van der Waals surface area (Å²) >= 11 is 4.90. The van der Waals surface area contributed by atoms with E-state index in [9.17, 15) is 0 Å². The van der Waals surface area contributed by atoms with Gasteiger partial charge in [0.05, 0.1) is 23.8 Å². The number of nitrogens with two attached hydrogens (primary N) is 1. The Bertz CT molecular complexity index is 271. The van der Waals surface area contributed by atoms with Crippen molar-refractivity contribution in [3.63, 3.8) is 0 Å². The molecular formula is C9H14N2OS. The fraction of sp³-hybridized carbons (Fsp3) is 0.444. The normalized spacial score (nSPS) is 13.2. The van der Waals surface area contributed by atoms with Gasteiger partial charge in [0.25, 0.3) is 0 Å². The fourth-order valence-electron chi connectivity index (χ4n) is 1.00. The number of furan rings is 1. The first-order valence-electron chi connectivity index (χ1n) is 4.13. The molecule has 4 heteroatoms. The molecular weight excluding hydrogens is 184 g/mol. The molecule has 0 saturated heterocycles. The lowest BCUT2D eigenvalue weighted by Gasteiger charge is -2.22. The molecule has 1 heterocycles. The molecule has 13 heavy (non-hydrogen) atoms. The fourth-order valence-corrected chi connectivity index (χ4v) is 1.18. The van der Waals surface area contributed by atoms with Crippen LogP contribution in [-0.4, -0.2) is 23.0 Å². The number of nitrogens with zero attached hydrogens (tertiary/aromatic N) is 1. The molecule has 0 saturated carbocycles. The third-order valence-corrected chi connectivity index (χ3v) is 2.40. The molecule has 1 rings (SSSR count). The molecule has 0 aliphatic heterocycles. The lowest BCUT2D eigenvalue weighted by Crippen LogP contribution is -2.38. The second-order valence-electron chi connectivity index (χ2n) is 3.07. The highest BCUT2D eigenvalue weighted by molar-refractivity contribution is 7.80. The van der Waals surface area contributed by atoms with E-state index in [0.29, 0.717) is 4.99 Å². The Morgan fingerprint density at radius 2 is 2.46 bits per heavy atom. The van der Waals surface area contributed by atoms with Gasteiger partial charge in [-0.05, 0) is 26.1 Å². The van der Waals surface area contributed by atoms with Crippen LogP contribution in [0.4, 0.5) is 0 Å². The minimum Gasteiger partial charge on any atom is -0.468 e. The van der Waals surface area contributed by atoms with Crippen LogP contribution >= 0.6 is 12.2 Å². The Labute approximate surface area is 83.5 Å². The average molecular weight is 198 g/mol. The number of hydrogen-bond donors (Lipinski definition) is 1. The molecule has 1 unspecified atom stereocenters. The summed E-state index contributed by atoms with van der Waals surface area (Å²) < 4.78 is 5.21. The molecule has 1 aromatic rings. The predicted octanol–water partition coefficient (Wildman–Crippen LogP) is 1.39. The largest absolute Gasteiger partial charge is 0.468 e. The zero-order chi connectivity index (χ0) is 9.84. The van der Waals surface area contributed by atoms with Crippen molar-refractivity contribution in [1.29, 1.82) is 0 Å². The number of hydrogen-bond acceptors (Lipinski definition) is 3. The first-order valence-corrected chi connectivity index (χ1v) is 4.54. The van der Waals surface area contributed by atoms with Crippen LogP contribution in [-0.2, 0) is 6.54 Å². The molecule has 3 nitrogen and oxygen atoms in total. The van der Waals surface area contributed by atoms with Crippen LogP contribution in [0.25, 0.3) is 0 Å². The summed E-state index contributed by atoms with van der Waals surface area (Å²) in [5.41, 5.74) is 5.53. The van der Waals surface area contributed by atoms with Gasteiger partial charge in [-0.15, -0.1) is 0 Å². The minimum absolute atomic E-state index is 0.0973. The summed E-state index contributed by atoms with van der Waals surface area (Å²) in [5.74, 6) is 0.922. The highest BCUT2D eigenvalue weighted by Crippen LogP contribution is 2.06. The summed E-state index contributed by atoms with van der Waals surface area (Å²) in [6.45, 7) is 2.71. The SMILES string of the molecule is CC(C(N)=S)N(C)Cc1ccco1. The molecule has 2 N–H and O–H groups in total. The topological polar surface area (TPSA) is 42.4 Å². The van der Waals surface area contributed by atoms with Crippen molar-refractivity contribution in [2.24, 2.45) is 5.73 Å². The third-order valence-electron chi connectivity index (χ3n) is 2.06.